The maximum absolute atomic E-state index is 2.34. The molecule has 2 rings (SSSR count). The van der Waals surface area contributed by atoms with Gasteiger partial charge in [0.25, 0.3) is 0 Å². The Morgan fingerprint density at radius 2 is 1.93 bits per heavy atom. The van der Waals surface area contributed by atoms with Crippen LogP contribution >= 0.6 is 0 Å². The fourth-order valence-electron chi connectivity index (χ4n) is 1.73. The topological polar surface area (TPSA) is 4.93 Å². The number of benzene rings is 1. The number of nitrogens with zero attached hydrogens (tertiary/aromatic N) is 1. The third-order valence-corrected chi connectivity index (χ3v) is 2.63. The Morgan fingerprint density at radius 1 is 1.14 bits per heavy atom. The Kier molecular flexibility index (Phi) is 2.58. The van der Waals surface area contributed by atoms with Crippen LogP contribution in [0, 0.1) is 5.92 Å². The Labute approximate surface area is 85.4 Å². The summed E-state index contributed by atoms with van der Waals surface area (Å²) in [6.07, 6.45) is 3.44. The minimum Gasteiger partial charge on any atom is -0.347 e. The molecule has 0 aliphatic rings. The third-order valence-electron chi connectivity index (χ3n) is 2.63. The molecule has 14 heavy (non-hydrogen) atoms. The molecule has 1 heterocycles. The van der Waals surface area contributed by atoms with E-state index in [1.807, 2.05) is 0 Å². The number of hydrogen-bond donors (Lipinski definition) is 0. The van der Waals surface area contributed by atoms with Crippen LogP contribution in [0.2, 0.25) is 0 Å². The highest BCUT2D eigenvalue weighted by molar-refractivity contribution is 5.79. The highest BCUT2D eigenvalue weighted by Gasteiger charge is 2.00. The summed E-state index contributed by atoms with van der Waals surface area (Å²) < 4.78 is 2.34. The molecule has 0 saturated carbocycles. The van der Waals surface area contributed by atoms with Crippen LogP contribution in [-0.2, 0) is 6.54 Å². The van der Waals surface area contributed by atoms with Gasteiger partial charge in [-0.25, -0.2) is 0 Å². The predicted octanol–water partition coefficient (Wildman–Crippen LogP) is 3.69. The average Bonchev–Trinajstić information content (AvgIpc) is 2.58. The van der Waals surface area contributed by atoms with Crippen molar-refractivity contribution in [3.8, 4) is 0 Å². The smallest absolute Gasteiger partial charge is 0.0480 e. The normalized spacial score (nSPS) is 11.4. The van der Waals surface area contributed by atoms with Gasteiger partial charge in [0.15, 0.2) is 0 Å². The zero-order valence-electron chi connectivity index (χ0n) is 8.90. The fraction of sp³-hybridized carbons (Fsp3) is 0.385. The van der Waals surface area contributed by atoms with E-state index in [1.54, 1.807) is 0 Å². The summed E-state index contributed by atoms with van der Waals surface area (Å²) in [5.41, 5.74) is 1.35. The second-order valence-corrected chi connectivity index (χ2v) is 4.25. The number of hydrogen-bond acceptors (Lipinski definition) is 0. The molecular weight excluding hydrogens is 170 g/mol. The fourth-order valence-corrected chi connectivity index (χ4v) is 1.73. The Morgan fingerprint density at radius 3 is 2.71 bits per heavy atom. The summed E-state index contributed by atoms with van der Waals surface area (Å²) in [5, 5.41) is 1.34. The van der Waals surface area contributed by atoms with Crippen LogP contribution < -0.4 is 0 Å². The van der Waals surface area contributed by atoms with Crippen molar-refractivity contribution in [1.29, 1.82) is 0 Å². The molecule has 0 aliphatic carbocycles. The number of aromatic nitrogens is 1. The highest BCUT2D eigenvalue weighted by atomic mass is 14.9. The largest absolute Gasteiger partial charge is 0.347 e. The third kappa shape index (κ3) is 1.82. The van der Waals surface area contributed by atoms with E-state index in [1.165, 1.54) is 17.3 Å². The van der Waals surface area contributed by atoms with Crippen LogP contribution in [0.15, 0.2) is 36.5 Å². The molecule has 0 radical (unpaired) electrons. The second kappa shape index (κ2) is 3.87. The van der Waals surface area contributed by atoms with E-state index in [2.05, 4.69) is 54.9 Å². The zero-order chi connectivity index (χ0) is 9.97. The predicted molar refractivity (Wildman–Crippen MR) is 61.4 cm³/mol. The van der Waals surface area contributed by atoms with Crippen molar-refractivity contribution >= 4 is 10.9 Å². The van der Waals surface area contributed by atoms with E-state index in [4.69, 9.17) is 0 Å². The van der Waals surface area contributed by atoms with Gasteiger partial charge in [-0.3, -0.25) is 0 Å². The Balaban J connectivity index is 2.25. The van der Waals surface area contributed by atoms with Crippen molar-refractivity contribution in [3.63, 3.8) is 0 Å². The molecule has 0 N–H and O–H groups in total. The van der Waals surface area contributed by atoms with E-state index in [-0.39, 0.29) is 0 Å². The molecule has 0 amide bonds. The summed E-state index contributed by atoms with van der Waals surface area (Å²) in [5.74, 6) is 0.774. The molecule has 2 aromatic rings. The van der Waals surface area contributed by atoms with Crippen LogP contribution in [0.25, 0.3) is 10.9 Å². The van der Waals surface area contributed by atoms with Crippen molar-refractivity contribution in [2.75, 3.05) is 0 Å². The Bertz CT molecular complexity index is 412. The first kappa shape index (κ1) is 9.32. The lowest BCUT2D eigenvalue weighted by atomic mass is 10.1. The van der Waals surface area contributed by atoms with Gasteiger partial charge in [-0.1, -0.05) is 32.0 Å². The summed E-state index contributed by atoms with van der Waals surface area (Å²) in [4.78, 5) is 0. The quantitative estimate of drug-likeness (QED) is 0.690. The maximum Gasteiger partial charge on any atom is 0.0480 e. The molecule has 1 nitrogen and oxygen atoms in total. The average molecular weight is 187 g/mol. The minimum absolute atomic E-state index is 0.774. The molecule has 0 fully saturated rings. The zero-order valence-corrected chi connectivity index (χ0v) is 8.90. The van der Waals surface area contributed by atoms with Gasteiger partial charge in [-0.05, 0) is 29.9 Å². The van der Waals surface area contributed by atoms with E-state index in [0.717, 1.165) is 12.5 Å². The van der Waals surface area contributed by atoms with Gasteiger partial charge in [0.1, 0.15) is 0 Å². The summed E-state index contributed by atoms with van der Waals surface area (Å²) in [7, 11) is 0. The van der Waals surface area contributed by atoms with Crippen LogP contribution in [0.1, 0.15) is 20.3 Å². The van der Waals surface area contributed by atoms with Crippen molar-refractivity contribution in [2.24, 2.45) is 5.92 Å². The van der Waals surface area contributed by atoms with Crippen LogP contribution in [-0.4, -0.2) is 4.57 Å². The molecule has 0 atom stereocenters. The van der Waals surface area contributed by atoms with E-state index < -0.39 is 0 Å². The first-order chi connectivity index (χ1) is 6.77. The van der Waals surface area contributed by atoms with E-state index >= 15 is 0 Å². The van der Waals surface area contributed by atoms with E-state index in [0.29, 0.717) is 0 Å². The van der Waals surface area contributed by atoms with Crippen LogP contribution in [0.3, 0.4) is 0 Å². The van der Waals surface area contributed by atoms with Crippen molar-refractivity contribution in [2.45, 2.75) is 26.8 Å². The highest BCUT2D eigenvalue weighted by Crippen LogP contribution is 2.16. The molecule has 1 heteroatoms. The van der Waals surface area contributed by atoms with Gasteiger partial charge in [0.05, 0.1) is 0 Å². The van der Waals surface area contributed by atoms with Gasteiger partial charge >= 0.3 is 0 Å². The second-order valence-electron chi connectivity index (χ2n) is 4.25. The minimum atomic E-state index is 0.774. The molecule has 0 aliphatic heterocycles. The van der Waals surface area contributed by atoms with Gasteiger partial charge in [-0.2, -0.15) is 0 Å². The van der Waals surface area contributed by atoms with Gasteiger partial charge in [-0.15, -0.1) is 0 Å². The van der Waals surface area contributed by atoms with Crippen LogP contribution in [0.5, 0.6) is 0 Å². The van der Waals surface area contributed by atoms with Crippen molar-refractivity contribution in [3.05, 3.63) is 36.5 Å². The SMILES string of the molecule is CC(C)CCn1ccc2ccccc21. The molecule has 0 spiro atoms. The number of fused-ring (bicyclic) bond motifs is 1. The molecule has 0 bridgehead atoms. The monoisotopic (exact) mass is 187 g/mol. The lowest BCUT2D eigenvalue weighted by Crippen LogP contribution is -1.99. The number of aryl methyl sites for hydroxylation is 1. The molecule has 1 aromatic carbocycles. The van der Waals surface area contributed by atoms with Crippen molar-refractivity contribution < 1.29 is 0 Å². The summed E-state index contributed by atoms with van der Waals surface area (Å²) >= 11 is 0. The van der Waals surface area contributed by atoms with Crippen molar-refractivity contribution in [1.82, 2.24) is 4.57 Å². The van der Waals surface area contributed by atoms with E-state index in [9.17, 15) is 0 Å². The molecule has 0 saturated heterocycles. The summed E-state index contributed by atoms with van der Waals surface area (Å²) in [6, 6.07) is 10.7. The molecule has 0 unspecified atom stereocenters. The lowest BCUT2D eigenvalue weighted by Gasteiger charge is -2.07. The van der Waals surface area contributed by atoms with Gasteiger partial charge in [0.2, 0.25) is 0 Å². The van der Waals surface area contributed by atoms with Gasteiger partial charge in [0, 0.05) is 18.3 Å². The lowest BCUT2D eigenvalue weighted by molar-refractivity contribution is 0.524. The standard InChI is InChI=1S/C13H17N/c1-11(2)7-9-14-10-8-12-5-3-4-6-13(12)14/h3-6,8,10-11H,7,9H2,1-2H3. The first-order valence-corrected chi connectivity index (χ1v) is 5.31. The number of rotatable bonds is 3. The first-order valence-electron chi connectivity index (χ1n) is 5.31. The number of para-hydroxylation sites is 1. The molecule has 1 aromatic heterocycles. The summed E-state index contributed by atoms with van der Waals surface area (Å²) in [6.45, 7) is 5.67. The van der Waals surface area contributed by atoms with Crippen LogP contribution in [0.4, 0.5) is 0 Å². The molecular formula is C13H17N. The van der Waals surface area contributed by atoms with Gasteiger partial charge < -0.3 is 4.57 Å². The molecule has 74 valence electrons. The maximum atomic E-state index is 2.34. The Hall–Kier alpha value is -1.24.